The number of hydrogen-bond donors (Lipinski definition) is 4. The van der Waals surface area contributed by atoms with Crippen LogP contribution in [0.4, 0.5) is 9.18 Å². The molecule has 4 aliphatic heterocycles. The Labute approximate surface area is 231 Å². The van der Waals surface area contributed by atoms with E-state index in [1.54, 1.807) is 0 Å². The highest BCUT2D eigenvalue weighted by Gasteiger charge is 2.55. The van der Waals surface area contributed by atoms with Crippen molar-refractivity contribution in [1.29, 1.82) is 0 Å². The Morgan fingerprint density at radius 1 is 1.07 bits per heavy atom. The van der Waals surface area contributed by atoms with E-state index in [9.17, 15) is 29.1 Å². The molecule has 0 bridgehead atoms. The summed E-state index contributed by atoms with van der Waals surface area (Å²) < 4.78 is 16.6. The van der Waals surface area contributed by atoms with Crippen LogP contribution >= 0.6 is 0 Å². The van der Waals surface area contributed by atoms with E-state index in [1.807, 2.05) is 20.8 Å². The van der Waals surface area contributed by atoms with Crippen LogP contribution in [0.3, 0.4) is 0 Å². The number of nitrogens with zero attached hydrogens (tertiary/aromatic N) is 2. The summed E-state index contributed by atoms with van der Waals surface area (Å²) in [6.07, 6.45) is 0.520. The van der Waals surface area contributed by atoms with Crippen molar-refractivity contribution in [2.45, 2.75) is 57.9 Å². The lowest BCUT2D eigenvalue weighted by Crippen LogP contribution is -2.66. The van der Waals surface area contributed by atoms with Crippen molar-refractivity contribution < 1.29 is 33.5 Å². The zero-order chi connectivity index (χ0) is 29.0. The SMILES string of the molecule is CC(C)(C)C1(c2c(F)cc3c(c2C2CCC(=O)NC2=O)C(=O)NC3=O)CNCCN1CC1CCN(C(=O)O)CC1. The molecule has 216 valence electrons. The largest absolute Gasteiger partial charge is 0.465 e. The predicted molar refractivity (Wildman–Crippen MR) is 141 cm³/mol. The first-order valence-corrected chi connectivity index (χ1v) is 13.8. The van der Waals surface area contributed by atoms with Gasteiger partial charge in [0.15, 0.2) is 0 Å². The van der Waals surface area contributed by atoms with Crippen molar-refractivity contribution in [3.8, 4) is 0 Å². The molecule has 2 atom stereocenters. The second-order valence-electron chi connectivity index (χ2n) is 12.3. The summed E-state index contributed by atoms with van der Waals surface area (Å²) in [5, 5.41) is 17.4. The van der Waals surface area contributed by atoms with E-state index in [4.69, 9.17) is 0 Å². The lowest BCUT2D eigenvalue weighted by molar-refractivity contribution is -0.134. The third-order valence-corrected chi connectivity index (χ3v) is 9.10. The molecule has 3 saturated heterocycles. The molecule has 40 heavy (non-hydrogen) atoms. The van der Waals surface area contributed by atoms with Crippen LogP contribution in [0, 0.1) is 17.2 Å². The molecule has 0 spiro atoms. The Morgan fingerprint density at radius 3 is 2.40 bits per heavy atom. The number of carbonyl (C=O) groups is 5. The van der Waals surface area contributed by atoms with E-state index < -0.39 is 52.4 Å². The maximum atomic E-state index is 16.6. The van der Waals surface area contributed by atoms with Gasteiger partial charge in [0, 0.05) is 51.3 Å². The maximum absolute atomic E-state index is 16.6. The van der Waals surface area contributed by atoms with Gasteiger partial charge in [-0.25, -0.2) is 9.18 Å². The molecule has 2 unspecified atom stereocenters. The van der Waals surface area contributed by atoms with Crippen LogP contribution in [-0.2, 0) is 15.1 Å². The molecule has 11 nitrogen and oxygen atoms in total. The van der Waals surface area contributed by atoms with Gasteiger partial charge in [0.25, 0.3) is 11.8 Å². The highest BCUT2D eigenvalue weighted by molar-refractivity contribution is 6.23. The number of imide groups is 2. The van der Waals surface area contributed by atoms with Crippen molar-refractivity contribution in [1.82, 2.24) is 25.8 Å². The molecular weight excluding hydrogens is 521 g/mol. The van der Waals surface area contributed by atoms with Crippen molar-refractivity contribution >= 4 is 29.7 Å². The summed E-state index contributed by atoms with van der Waals surface area (Å²) >= 11 is 0. The smallest absolute Gasteiger partial charge is 0.407 e. The van der Waals surface area contributed by atoms with Gasteiger partial charge in [0.1, 0.15) is 5.82 Å². The highest BCUT2D eigenvalue weighted by Crippen LogP contribution is 2.51. The Kier molecular flexibility index (Phi) is 7.20. The molecule has 1 aromatic carbocycles. The van der Waals surface area contributed by atoms with E-state index in [0.717, 1.165) is 6.07 Å². The molecule has 0 aliphatic carbocycles. The zero-order valence-electron chi connectivity index (χ0n) is 23.1. The van der Waals surface area contributed by atoms with Crippen LogP contribution in [-0.4, -0.2) is 83.9 Å². The molecule has 4 heterocycles. The first kappa shape index (κ1) is 28.2. The van der Waals surface area contributed by atoms with E-state index in [2.05, 4.69) is 20.9 Å². The topological polar surface area (TPSA) is 148 Å². The number of nitrogens with one attached hydrogen (secondary N) is 3. The van der Waals surface area contributed by atoms with Gasteiger partial charge in [-0.2, -0.15) is 0 Å². The first-order valence-electron chi connectivity index (χ1n) is 13.8. The molecule has 4 N–H and O–H groups in total. The summed E-state index contributed by atoms with van der Waals surface area (Å²) in [7, 11) is 0. The summed E-state index contributed by atoms with van der Waals surface area (Å²) in [5.41, 5.74) is -1.38. The fourth-order valence-corrected chi connectivity index (χ4v) is 7.08. The van der Waals surface area contributed by atoms with Crippen LogP contribution in [0.25, 0.3) is 0 Å². The number of piperidine rings is 2. The quantitative estimate of drug-likeness (QED) is 0.410. The summed E-state index contributed by atoms with van der Waals surface area (Å²) in [5.74, 6) is -3.94. The van der Waals surface area contributed by atoms with E-state index in [-0.39, 0.29) is 41.0 Å². The number of likely N-dealkylation sites (tertiary alicyclic amines) is 1. The third kappa shape index (κ3) is 4.56. The molecule has 1 aromatic rings. The molecule has 4 aliphatic rings. The standard InChI is InChI=1S/C28H36FN5O6/c1-27(2,3)28(14-30-8-11-34(28)13-15-6-9-33(10-7-15)26(39)40)22-18(29)12-17-21(25(38)32-24(17)37)20(22)16-4-5-19(35)31-23(16)36/h12,15-16,30H,4-11,13-14H2,1-3H3,(H,39,40)(H,31,35,36)(H,32,37,38). The molecule has 0 aromatic heterocycles. The minimum Gasteiger partial charge on any atom is -0.465 e. The van der Waals surface area contributed by atoms with Gasteiger partial charge < -0.3 is 15.3 Å². The van der Waals surface area contributed by atoms with Gasteiger partial charge in [-0.15, -0.1) is 0 Å². The Balaban J connectivity index is 1.68. The number of fused-ring (bicyclic) bond motifs is 1. The van der Waals surface area contributed by atoms with Gasteiger partial charge >= 0.3 is 6.09 Å². The number of amides is 5. The summed E-state index contributed by atoms with van der Waals surface area (Å²) in [6, 6.07) is 1.10. The average molecular weight is 558 g/mol. The zero-order valence-corrected chi connectivity index (χ0v) is 23.1. The van der Waals surface area contributed by atoms with Crippen molar-refractivity contribution in [2.24, 2.45) is 11.3 Å². The second-order valence-corrected chi connectivity index (χ2v) is 12.3. The molecule has 3 fully saturated rings. The fraction of sp³-hybridized carbons (Fsp3) is 0.607. The second kappa shape index (κ2) is 10.2. The molecular formula is C28H36FN5O6. The van der Waals surface area contributed by atoms with Gasteiger partial charge in [-0.05, 0) is 42.2 Å². The predicted octanol–water partition coefficient (Wildman–Crippen LogP) is 1.77. The fourth-order valence-electron chi connectivity index (χ4n) is 7.08. The number of piperazine rings is 1. The molecule has 5 amide bonds. The van der Waals surface area contributed by atoms with Crippen LogP contribution in [0.15, 0.2) is 6.07 Å². The highest BCUT2D eigenvalue weighted by atomic mass is 19.1. The van der Waals surface area contributed by atoms with Crippen LogP contribution < -0.4 is 16.0 Å². The minimum absolute atomic E-state index is 0.000172. The maximum Gasteiger partial charge on any atom is 0.407 e. The van der Waals surface area contributed by atoms with E-state index in [1.165, 1.54) is 4.90 Å². The molecule has 0 saturated carbocycles. The third-order valence-electron chi connectivity index (χ3n) is 9.10. The normalized spacial score (nSPS) is 26.5. The summed E-state index contributed by atoms with van der Waals surface area (Å²) in [4.78, 5) is 66.1. The van der Waals surface area contributed by atoms with Crippen molar-refractivity contribution in [3.63, 3.8) is 0 Å². The monoisotopic (exact) mass is 557 g/mol. The number of rotatable bonds is 4. The van der Waals surface area contributed by atoms with Gasteiger partial charge in [-0.1, -0.05) is 20.8 Å². The number of carboxylic acid groups (broad SMARTS) is 1. The Bertz CT molecular complexity index is 1280. The number of benzene rings is 1. The Hall–Kier alpha value is -3.38. The average Bonchev–Trinajstić information content (AvgIpc) is 3.16. The van der Waals surface area contributed by atoms with Crippen LogP contribution in [0.1, 0.15) is 84.2 Å². The lowest BCUT2D eigenvalue weighted by atomic mass is 9.63. The lowest BCUT2D eigenvalue weighted by Gasteiger charge is -2.57. The number of hydrogen-bond acceptors (Lipinski definition) is 7. The summed E-state index contributed by atoms with van der Waals surface area (Å²) in [6.45, 7) is 8.93. The van der Waals surface area contributed by atoms with E-state index >= 15 is 4.39 Å². The van der Waals surface area contributed by atoms with Gasteiger partial charge in [-0.3, -0.25) is 34.7 Å². The van der Waals surface area contributed by atoms with Crippen LogP contribution in [0.2, 0.25) is 0 Å². The molecule has 5 rings (SSSR count). The Morgan fingerprint density at radius 2 is 1.77 bits per heavy atom. The number of carbonyl (C=O) groups excluding carboxylic acids is 4. The van der Waals surface area contributed by atoms with E-state index in [0.29, 0.717) is 52.1 Å². The van der Waals surface area contributed by atoms with Crippen LogP contribution in [0.5, 0.6) is 0 Å². The molecule has 0 radical (unpaired) electrons. The van der Waals surface area contributed by atoms with Crippen molar-refractivity contribution in [3.05, 3.63) is 34.1 Å². The van der Waals surface area contributed by atoms with Gasteiger partial charge in [0.05, 0.1) is 22.6 Å². The first-order chi connectivity index (χ1) is 18.8. The number of halogens is 1. The van der Waals surface area contributed by atoms with Crippen molar-refractivity contribution in [2.75, 3.05) is 39.3 Å². The van der Waals surface area contributed by atoms with Gasteiger partial charge in [0.2, 0.25) is 11.8 Å². The minimum atomic E-state index is -1.03. The molecule has 12 heteroatoms.